The van der Waals surface area contributed by atoms with E-state index in [1.807, 2.05) is 6.92 Å². The van der Waals surface area contributed by atoms with Gasteiger partial charge in [0.05, 0.1) is 12.9 Å². The van der Waals surface area contributed by atoms with Crippen LogP contribution >= 0.6 is 0 Å². The van der Waals surface area contributed by atoms with Crippen LogP contribution in [0.25, 0.3) is 0 Å². The quantitative estimate of drug-likeness (QED) is 0.794. The van der Waals surface area contributed by atoms with Crippen LogP contribution in [0.15, 0.2) is 6.33 Å². The molecule has 1 rings (SSSR count). The van der Waals surface area contributed by atoms with E-state index >= 15 is 0 Å². The van der Waals surface area contributed by atoms with E-state index in [1.54, 1.807) is 17.8 Å². The second-order valence-corrected chi connectivity index (χ2v) is 4.09. The lowest BCUT2D eigenvalue weighted by Gasteiger charge is -2.18. The Hall–Kier alpha value is -1.52. The van der Waals surface area contributed by atoms with E-state index in [9.17, 15) is 4.79 Å². The van der Waals surface area contributed by atoms with Crippen LogP contribution in [0.1, 0.15) is 44.2 Å². The van der Waals surface area contributed by atoms with Gasteiger partial charge in [-0.2, -0.15) is 0 Å². The molecule has 0 spiro atoms. The molecule has 0 amide bonds. The first-order valence-corrected chi connectivity index (χ1v) is 5.48. The molecule has 0 aliphatic rings. The first-order chi connectivity index (χ1) is 7.49. The van der Waals surface area contributed by atoms with Crippen LogP contribution in [0.3, 0.4) is 0 Å². The largest absolute Gasteiger partial charge is 0.461 e. The van der Waals surface area contributed by atoms with Crippen LogP contribution in [0.4, 0.5) is 5.82 Å². The lowest BCUT2D eigenvalue weighted by atomic mass is 10.1. The number of nitrogen functional groups attached to an aromatic ring is 1. The Labute approximate surface area is 95.6 Å². The molecule has 1 heterocycles. The summed E-state index contributed by atoms with van der Waals surface area (Å²) in [6.45, 7) is 8.30. The van der Waals surface area contributed by atoms with Crippen LogP contribution < -0.4 is 5.73 Å². The lowest BCUT2D eigenvalue weighted by Crippen LogP contribution is -2.15. The summed E-state index contributed by atoms with van der Waals surface area (Å²) in [4.78, 5) is 15.5. The molecular weight excluding hydrogens is 206 g/mol. The van der Waals surface area contributed by atoms with E-state index in [4.69, 9.17) is 10.5 Å². The van der Waals surface area contributed by atoms with Crippen molar-refractivity contribution in [3.63, 3.8) is 0 Å². The normalized spacial score (nSPS) is 12.8. The SMILES string of the molecule is CCOC(=O)c1ncn(C(C)C(C)C)c1N. The number of nitrogens with zero attached hydrogens (tertiary/aromatic N) is 2. The molecule has 0 aliphatic carbocycles. The summed E-state index contributed by atoms with van der Waals surface area (Å²) in [7, 11) is 0. The molecule has 1 aromatic rings. The highest BCUT2D eigenvalue weighted by Gasteiger charge is 2.20. The zero-order valence-electron chi connectivity index (χ0n) is 10.2. The number of imidazole rings is 1. The maximum absolute atomic E-state index is 11.5. The number of hydrogen-bond acceptors (Lipinski definition) is 4. The number of esters is 1. The third-order valence-electron chi connectivity index (χ3n) is 2.70. The molecule has 0 aliphatic heterocycles. The van der Waals surface area contributed by atoms with Gasteiger partial charge in [-0.3, -0.25) is 0 Å². The van der Waals surface area contributed by atoms with Gasteiger partial charge in [0.1, 0.15) is 5.82 Å². The summed E-state index contributed by atoms with van der Waals surface area (Å²) in [6, 6.07) is 0.204. The summed E-state index contributed by atoms with van der Waals surface area (Å²) in [6.07, 6.45) is 1.59. The molecule has 5 heteroatoms. The Morgan fingerprint density at radius 3 is 2.69 bits per heavy atom. The van der Waals surface area contributed by atoms with Gasteiger partial charge in [-0.1, -0.05) is 13.8 Å². The average Bonchev–Trinajstić information content (AvgIpc) is 2.59. The maximum atomic E-state index is 11.5. The fourth-order valence-electron chi connectivity index (χ4n) is 1.37. The fourth-order valence-corrected chi connectivity index (χ4v) is 1.37. The molecule has 2 N–H and O–H groups in total. The minimum absolute atomic E-state index is 0.203. The third kappa shape index (κ3) is 2.35. The first-order valence-electron chi connectivity index (χ1n) is 5.48. The second-order valence-electron chi connectivity index (χ2n) is 4.09. The molecule has 0 radical (unpaired) electrons. The second kappa shape index (κ2) is 5.01. The van der Waals surface area contributed by atoms with Crippen molar-refractivity contribution in [2.24, 2.45) is 5.92 Å². The highest BCUT2D eigenvalue weighted by molar-refractivity contribution is 5.92. The smallest absolute Gasteiger partial charge is 0.360 e. The van der Waals surface area contributed by atoms with Crippen LogP contribution in [-0.4, -0.2) is 22.1 Å². The number of nitrogens with two attached hydrogens (primary N) is 1. The number of hydrogen-bond donors (Lipinski definition) is 1. The van der Waals surface area contributed by atoms with Crippen molar-refractivity contribution in [1.29, 1.82) is 0 Å². The predicted octanol–water partition coefficient (Wildman–Crippen LogP) is 1.86. The van der Waals surface area contributed by atoms with Crippen molar-refractivity contribution < 1.29 is 9.53 Å². The number of anilines is 1. The minimum Gasteiger partial charge on any atom is -0.461 e. The van der Waals surface area contributed by atoms with Gasteiger partial charge in [0.25, 0.3) is 0 Å². The molecule has 16 heavy (non-hydrogen) atoms. The minimum atomic E-state index is -0.463. The molecule has 0 saturated heterocycles. The van der Waals surface area contributed by atoms with Gasteiger partial charge in [-0.25, -0.2) is 9.78 Å². The summed E-state index contributed by atoms with van der Waals surface area (Å²) in [5.74, 6) is 0.334. The summed E-state index contributed by atoms with van der Waals surface area (Å²) < 4.78 is 6.67. The molecule has 0 bridgehead atoms. The molecule has 90 valence electrons. The van der Waals surface area contributed by atoms with Crippen molar-refractivity contribution in [2.75, 3.05) is 12.3 Å². The Bertz CT molecular complexity index is 371. The first kappa shape index (κ1) is 12.5. The molecule has 1 aromatic heterocycles. The molecule has 1 unspecified atom stereocenters. The van der Waals surface area contributed by atoms with Gasteiger partial charge < -0.3 is 15.0 Å². The predicted molar refractivity (Wildman–Crippen MR) is 62.1 cm³/mol. The summed E-state index contributed by atoms with van der Waals surface area (Å²) >= 11 is 0. The van der Waals surface area contributed by atoms with Crippen LogP contribution in [0.5, 0.6) is 0 Å². The number of aromatic nitrogens is 2. The van der Waals surface area contributed by atoms with Gasteiger partial charge in [-0.05, 0) is 19.8 Å². The van der Waals surface area contributed by atoms with E-state index in [1.165, 1.54) is 0 Å². The summed E-state index contributed by atoms with van der Waals surface area (Å²) in [5.41, 5.74) is 6.08. The molecule has 0 saturated carbocycles. The van der Waals surface area contributed by atoms with Gasteiger partial charge in [0.15, 0.2) is 5.69 Å². The third-order valence-corrected chi connectivity index (χ3v) is 2.70. The number of ether oxygens (including phenoxy) is 1. The average molecular weight is 225 g/mol. The lowest BCUT2D eigenvalue weighted by molar-refractivity contribution is 0.0521. The topological polar surface area (TPSA) is 70.1 Å². The van der Waals surface area contributed by atoms with Crippen molar-refractivity contribution in [1.82, 2.24) is 9.55 Å². The van der Waals surface area contributed by atoms with E-state index in [0.29, 0.717) is 18.3 Å². The van der Waals surface area contributed by atoms with E-state index in [2.05, 4.69) is 18.8 Å². The van der Waals surface area contributed by atoms with Crippen LogP contribution in [-0.2, 0) is 4.74 Å². The number of carbonyl (C=O) groups is 1. The molecular formula is C11H19N3O2. The van der Waals surface area contributed by atoms with E-state index < -0.39 is 5.97 Å². The van der Waals surface area contributed by atoms with Gasteiger partial charge >= 0.3 is 5.97 Å². The molecule has 5 nitrogen and oxygen atoms in total. The Kier molecular flexibility index (Phi) is 3.93. The van der Waals surface area contributed by atoms with Crippen molar-refractivity contribution >= 4 is 11.8 Å². The van der Waals surface area contributed by atoms with Crippen molar-refractivity contribution in [3.05, 3.63) is 12.0 Å². The van der Waals surface area contributed by atoms with Crippen LogP contribution in [0, 0.1) is 5.92 Å². The van der Waals surface area contributed by atoms with E-state index in [0.717, 1.165) is 0 Å². The standard InChI is InChI=1S/C11H19N3O2/c1-5-16-11(15)9-10(12)14(6-13-9)8(4)7(2)3/h6-8H,5,12H2,1-4H3. The highest BCUT2D eigenvalue weighted by atomic mass is 16.5. The van der Waals surface area contributed by atoms with Crippen LogP contribution in [0.2, 0.25) is 0 Å². The summed E-state index contributed by atoms with van der Waals surface area (Å²) in [5, 5.41) is 0. The monoisotopic (exact) mass is 225 g/mol. The fraction of sp³-hybridized carbons (Fsp3) is 0.636. The molecule has 0 fully saturated rings. The number of rotatable bonds is 4. The molecule has 0 aromatic carbocycles. The van der Waals surface area contributed by atoms with Gasteiger partial charge in [0.2, 0.25) is 0 Å². The maximum Gasteiger partial charge on any atom is 0.360 e. The molecule has 1 atom stereocenters. The van der Waals surface area contributed by atoms with Crippen molar-refractivity contribution in [3.8, 4) is 0 Å². The zero-order chi connectivity index (χ0) is 12.3. The Balaban J connectivity index is 2.96. The van der Waals surface area contributed by atoms with Gasteiger partial charge in [-0.15, -0.1) is 0 Å². The van der Waals surface area contributed by atoms with Crippen molar-refractivity contribution in [2.45, 2.75) is 33.7 Å². The van der Waals surface area contributed by atoms with Gasteiger partial charge in [0, 0.05) is 6.04 Å². The number of carbonyl (C=O) groups excluding carboxylic acids is 1. The zero-order valence-corrected chi connectivity index (χ0v) is 10.2. The van der Waals surface area contributed by atoms with E-state index in [-0.39, 0.29) is 11.7 Å². The Morgan fingerprint density at radius 1 is 1.56 bits per heavy atom. The highest BCUT2D eigenvalue weighted by Crippen LogP contribution is 2.22. The Morgan fingerprint density at radius 2 is 2.19 bits per heavy atom.